The normalized spacial score (nSPS) is 12.2. The fourth-order valence-electron chi connectivity index (χ4n) is 3.35. The smallest absolute Gasteiger partial charge is 0.264 e. The second-order valence-corrected chi connectivity index (χ2v) is 9.10. The molecular formula is C24H26N2O3S. The number of aryl methyl sites for hydroxylation is 1. The van der Waals surface area contributed by atoms with Crippen LogP contribution in [0.2, 0.25) is 0 Å². The van der Waals surface area contributed by atoms with E-state index in [2.05, 4.69) is 5.32 Å². The molecule has 0 aliphatic heterocycles. The lowest BCUT2D eigenvalue weighted by Gasteiger charge is -2.22. The minimum absolute atomic E-state index is 0.0775. The SMILES string of the molecule is CC[C@H](NC(=O)c1cccc(S(=O)(=O)N(C)c2ccccc2C)c1)c1ccccc1. The summed E-state index contributed by atoms with van der Waals surface area (Å²) in [6.45, 7) is 3.86. The Bertz CT molecular complexity index is 1130. The molecule has 0 spiro atoms. The van der Waals surface area contributed by atoms with E-state index in [1.165, 1.54) is 23.5 Å². The summed E-state index contributed by atoms with van der Waals surface area (Å²) < 4.78 is 27.6. The summed E-state index contributed by atoms with van der Waals surface area (Å²) in [7, 11) is -2.28. The molecule has 0 fully saturated rings. The number of hydrogen-bond donors (Lipinski definition) is 1. The number of carbonyl (C=O) groups is 1. The van der Waals surface area contributed by atoms with Crippen LogP contribution in [0.25, 0.3) is 0 Å². The van der Waals surface area contributed by atoms with Gasteiger partial charge in [0.1, 0.15) is 0 Å². The Kier molecular flexibility index (Phi) is 6.57. The van der Waals surface area contributed by atoms with Crippen molar-refractivity contribution in [2.45, 2.75) is 31.2 Å². The van der Waals surface area contributed by atoms with Gasteiger partial charge in [0, 0.05) is 12.6 Å². The first-order valence-electron chi connectivity index (χ1n) is 9.85. The van der Waals surface area contributed by atoms with Crippen molar-refractivity contribution in [3.63, 3.8) is 0 Å². The van der Waals surface area contributed by atoms with Crippen molar-refractivity contribution < 1.29 is 13.2 Å². The maximum atomic E-state index is 13.2. The number of sulfonamides is 1. The van der Waals surface area contributed by atoms with Crippen molar-refractivity contribution in [3.8, 4) is 0 Å². The lowest BCUT2D eigenvalue weighted by Crippen LogP contribution is -2.29. The fourth-order valence-corrected chi connectivity index (χ4v) is 4.66. The monoisotopic (exact) mass is 422 g/mol. The Morgan fingerprint density at radius 1 is 0.967 bits per heavy atom. The summed E-state index contributed by atoms with van der Waals surface area (Å²) in [6, 6.07) is 23.0. The summed E-state index contributed by atoms with van der Waals surface area (Å²) in [6.07, 6.45) is 0.726. The molecule has 3 aromatic rings. The summed E-state index contributed by atoms with van der Waals surface area (Å²) >= 11 is 0. The molecule has 0 bridgehead atoms. The summed E-state index contributed by atoms with van der Waals surface area (Å²) in [4.78, 5) is 12.9. The van der Waals surface area contributed by atoms with Crippen molar-refractivity contribution >= 4 is 21.6 Å². The van der Waals surface area contributed by atoms with Gasteiger partial charge in [0.15, 0.2) is 0 Å². The van der Waals surface area contributed by atoms with Gasteiger partial charge in [0.2, 0.25) is 0 Å². The standard InChI is InChI=1S/C24H26N2O3S/c1-4-22(19-12-6-5-7-13-19)25-24(27)20-14-10-15-21(17-20)30(28,29)26(3)23-16-9-8-11-18(23)2/h5-17,22H,4H2,1-3H3,(H,25,27)/t22-/m0/s1. The van der Waals surface area contributed by atoms with Gasteiger partial charge >= 0.3 is 0 Å². The molecule has 0 saturated carbocycles. The van der Waals surface area contributed by atoms with E-state index in [-0.39, 0.29) is 16.8 Å². The molecule has 0 saturated heterocycles. The zero-order chi connectivity index (χ0) is 21.7. The molecule has 1 amide bonds. The molecule has 3 aromatic carbocycles. The lowest BCUT2D eigenvalue weighted by atomic mass is 10.0. The van der Waals surface area contributed by atoms with Crippen molar-refractivity contribution in [2.24, 2.45) is 0 Å². The van der Waals surface area contributed by atoms with Gasteiger partial charge in [-0.05, 0) is 48.7 Å². The molecule has 6 heteroatoms. The lowest BCUT2D eigenvalue weighted by molar-refractivity contribution is 0.0935. The van der Waals surface area contributed by atoms with Crippen molar-refractivity contribution in [2.75, 3.05) is 11.4 Å². The number of nitrogens with one attached hydrogen (secondary N) is 1. The van der Waals surface area contributed by atoms with Crippen LogP contribution in [0.4, 0.5) is 5.69 Å². The van der Waals surface area contributed by atoms with Crippen molar-refractivity contribution in [1.29, 1.82) is 0 Å². The molecule has 1 N–H and O–H groups in total. The van der Waals surface area contributed by atoms with E-state index in [9.17, 15) is 13.2 Å². The van der Waals surface area contributed by atoms with Crippen LogP contribution in [0.1, 0.15) is 40.9 Å². The summed E-state index contributed by atoms with van der Waals surface area (Å²) in [5.41, 5.74) is 2.77. The molecule has 5 nitrogen and oxygen atoms in total. The van der Waals surface area contributed by atoms with Gasteiger partial charge in [-0.3, -0.25) is 9.10 Å². The van der Waals surface area contributed by atoms with Crippen LogP contribution in [0.5, 0.6) is 0 Å². The van der Waals surface area contributed by atoms with E-state index in [1.807, 2.05) is 56.3 Å². The predicted molar refractivity (Wildman–Crippen MR) is 120 cm³/mol. The largest absolute Gasteiger partial charge is 0.345 e. The number of amides is 1. The van der Waals surface area contributed by atoms with Gasteiger partial charge in [-0.1, -0.05) is 61.5 Å². The number of rotatable bonds is 7. The number of carbonyl (C=O) groups excluding carboxylic acids is 1. The van der Waals surface area contributed by atoms with E-state index in [0.29, 0.717) is 11.3 Å². The molecule has 156 valence electrons. The highest BCUT2D eigenvalue weighted by Crippen LogP contribution is 2.25. The van der Waals surface area contributed by atoms with Gasteiger partial charge < -0.3 is 5.32 Å². The zero-order valence-corrected chi connectivity index (χ0v) is 18.2. The Morgan fingerprint density at radius 2 is 1.63 bits per heavy atom. The van der Waals surface area contributed by atoms with Crippen molar-refractivity contribution in [3.05, 3.63) is 95.6 Å². The minimum atomic E-state index is -3.80. The topological polar surface area (TPSA) is 66.5 Å². The van der Waals surface area contributed by atoms with E-state index in [4.69, 9.17) is 0 Å². The molecule has 0 heterocycles. The second-order valence-electron chi connectivity index (χ2n) is 7.13. The first kappa shape index (κ1) is 21.6. The third-order valence-corrected chi connectivity index (χ3v) is 6.89. The highest BCUT2D eigenvalue weighted by molar-refractivity contribution is 7.92. The molecule has 0 aliphatic rings. The molecule has 0 aromatic heterocycles. The van der Waals surface area contributed by atoms with Gasteiger partial charge in [0.05, 0.1) is 16.6 Å². The summed E-state index contributed by atoms with van der Waals surface area (Å²) in [5.74, 6) is -0.304. The predicted octanol–water partition coefficient (Wildman–Crippen LogP) is 4.70. The zero-order valence-electron chi connectivity index (χ0n) is 17.4. The molecule has 0 unspecified atom stereocenters. The number of hydrogen-bond acceptors (Lipinski definition) is 3. The van der Waals surface area contributed by atoms with Crippen LogP contribution in [-0.4, -0.2) is 21.4 Å². The number of nitrogens with zero attached hydrogens (tertiary/aromatic N) is 1. The Balaban J connectivity index is 1.86. The second kappa shape index (κ2) is 9.13. The van der Waals surface area contributed by atoms with Crippen LogP contribution in [0.3, 0.4) is 0 Å². The molecule has 1 atom stereocenters. The maximum absolute atomic E-state index is 13.2. The van der Waals surface area contributed by atoms with Crippen LogP contribution in [-0.2, 0) is 10.0 Å². The third kappa shape index (κ3) is 4.54. The number of para-hydroxylation sites is 1. The third-order valence-electron chi connectivity index (χ3n) is 5.12. The highest BCUT2D eigenvalue weighted by atomic mass is 32.2. The van der Waals surface area contributed by atoms with E-state index >= 15 is 0 Å². The molecule has 0 radical (unpaired) electrons. The maximum Gasteiger partial charge on any atom is 0.264 e. The average Bonchev–Trinajstić information content (AvgIpc) is 2.77. The Labute approximate surface area is 178 Å². The molecule has 3 rings (SSSR count). The molecule has 0 aliphatic carbocycles. The van der Waals surface area contributed by atoms with Gasteiger partial charge in [-0.2, -0.15) is 0 Å². The highest BCUT2D eigenvalue weighted by Gasteiger charge is 2.24. The quantitative estimate of drug-likeness (QED) is 0.600. The van der Waals surface area contributed by atoms with Crippen LogP contribution < -0.4 is 9.62 Å². The first-order valence-corrected chi connectivity index (χ1v) is 11.3. The van der Waals surface area contributed by atoms with Crippen LogP contribution in [0.15, 0.2) is 83.8 Å². The van der Waals surface area contributed by atoms with Gasteiger partial charge in [-0.15, -0.1) is 0 Å². The molecule has 30 heavy (non-hydrogen) atoms. The number of benzene rings is 3. The van der Waals surface area contributed by atoms with Crippen molar-refractivity contribution in [1.82, 2.24) is 5.32 Å². The van der Waals surface area contributed by atoms with E-state index in [0.717, 1.165) is 17.5 Å². The first-order chi connectivity index (χ1) is 14.3. The Hall–Kier alpha value is -3.12. The Morgan fingerprint density at radius 3 is 2.30 bits per heavy atom. The van der Waals surface area contributed by atoms with Gasteiger partial charge in [-0.25, -0.2) is 8.42 Å². The van der Waals surface area contributed by atoms with E-state index < -0.39 is 10.0 Å². The fraction of sp³-hybridized carbons (Fsp3) is 0.208. The van der Waals surface area contributed by atoms with Crippen LogP contribution in [0, 0.1) is 6.92 Å². The average molecular weight is 423 g/mol. The minimum Gasteiger partial charge on any atom is -0.345 e. The van der Waals surface area contributed by atoms with Crippen LogP contribution >= 0.6 is 0 Å². The molecular weight excluding hydrogens is 396 g/mol. The van der Waals surface area contributed by atoms with E-state index in [1.54, 1.807) is 24.3 Å². The van der Waals surface area contributed by atoms with Gasteiger partial charge in [0.25, 0.3) is 15.9 Å². The summed E-state index contributed by atoms with van der Waals surface area (Å²) in [5, 5.41) is 3.00. The number of anilines is 1.